The van der Waals surface area contributed by atoms with E-state index in [1.165, 1.54) is 32.0 Å². The van der Waals surface area contributed by atoms with Gasteiger partial charge in [-0.1, -0.05) is 18.2 Å². The summed E-state index contributed by atoms with van der Waals surface area (Å²) in [7, 11) is -6.26. The molecule has 1 aliphatic rings. The second kappa shape index (κ2) is 7.16. The molecular weight excluding hydrogens is 328 g/mol. The van der Waals surface area contributed by atoms with Gasteiger partial charge in [-0.3, -0.25) is 10.1 Å². The zero-order chi connectivity index (χ0) is 23.7. The van der Waals surface area contributed by atoms with Gasteiger partial charge in [0.1, 0.15) is 0 Å². The van der Waals surface area contributed by atoms with Crippen LogP contribution >= 0.6 is 0 Å². The number of methoxy groups -OCH3 is 2. The predicted octanol–water partition coefficient (Wildman–Crippen LogP) is 2.18. The predicted molar refractivity (Wildman–Crippen MR) is 88.4 cm³/mol. The number of para-hydroxylation sites is 1. The summed E-state index contributed by atoms with van der Waals surface area (Å²) < 4.78 is 52.0. The van der Waals surface area contributed by atoms with E-state index in [1.807, 2.05) is 0 Å². The van der Waals surface area contributed by atoms with Crippen molar-refractivity contribution in [2.45, 2.75) is 19.8 Å². The van der Waals surface area contributed by atoms with Crippen LogP contribution < -0.4 is 5.32 Å². The number of nitrogens with zero attached hydrogens (tertiary/aromatic N) is 1. The van der Waals surface area contributed by atoms with E-state index in [0.29, 0.717) is 0 Å². The molecule has 0 fully saturated rings. The zero-order valence-corrected chi connectivity index (χ0v) is 13.3. The second-order valence-corrected chi connectivity index (χ2v) is 5.23. The van der Waals surface area contributed by atoms with Gasteiger partial charge in [0, 0.05) is 23.0 Å². The van der Waals surface area contributed by atoms with Crippen LogP contribution in [0.1, 0.15) is 33.6 Å². The van der Waals surface area contributed by atoms with Crippen molar-refractivity contribution in [2.75, 3.05) is 14.1 Å². The number of dihydropyridines is 1. The molecule has 0 amide bonds. The van der Waals surface area contributed by atoms with Crippen LogP contribution in [0.4, 0.5) is 5.69 Å². The molecule has 0 spiro atoms. The molecule has 0 unspecified atom stereocenters. The van der Waals surface area contributed by atoms with Gasteiger partial charge >= 0.3 is 11.9 Å². The molecule has 8 heteroatoms. The van der Waals surface area contributed by atoms with Crippen molar-refractivity contribution in [3.8, 4) is 0 Å². The maximum absolute atomic E-state index is 12.7. The molecule has 0 saturated heterocycles. The third-order valence-corrected chi connectivity index (χ3v) is 3.83. The quantitative estimate of drug-likeness (QED) is 0.502. The molecule has 1 aromatic rings. The molecule has 1 heterocycles. The van der Waals surface area contributed by atoms with Crippen LogP contribution in [0.5, 0.6) is 0 Å². The maximum Gasteiger partial charge on any atom is 0.336 e. The van der Waals surface area contributed by atoms with E-state index in [1.54, 1.807) is 0 Å². The number of benzene rings is 1. The first-order valence-corrected chi connectivity index (χ1v) is 7.01. The van der Waals surface area contributed by atoms with E-state index in [4.69, 9.17) is 8.22 Å². The summed E-state index contributed by atoms with van der Waals surface area (Å²) in [6.07, 6.45) is 0. The Morgan fingerprint density at radius 2 is 1.64 bits per heavy atom. The molecule has 0 saturated carbocycles. The van der Waals surface area contributed by atoms with E-state index in [-0.39, 0.29) is 17.0 Å². The van der Waals surface area contributed by atoms with Gasteiger partial charge in [-0.05, 0) is 13.8 Å². The topological polar surface area (TPSA) is 108 Å². The van der Waals surface area contributed by atoms with Crippen molar-refractivity contribution >= 4 is 17.6 Å². The highest BCUT2D eigenvalue weighted by Gasteiger charge is 2.40. The molecule has 25 heavy (non-hydrogen) atoms. The van der Waals surface area contributed by atoms with E-state index in [2.05, 4.69) is 14.8 Å². The van der Waals surface area contributed by atoms with Crippen molar-refractivity contribution in [2.24, 2.45) is 0 Å². The minimum atomic E-state index is -3.13. The minimum Gasteiger partial charge on any atom is -0.466 e. The molecule has 1 aromatic carbocycles. The van der Waals surface area contributed by atoms with Crippen LogP contribution in [-0.2, 0) is 19.1 Å². The largest absolute Gasteiger partial charge is 0.466 e. The van der Waals surface area contributed by atoms with Crippen LogP contribution in [0, 0.1) is 10.1 Å². The van der Waals surface area contributed by atoms with E-state index in [0.717, 1.165) is 6.07 Å². The average molecular weight is 352 g/mol. The van der Waals surface area contributed by atoms with Gasteiger partial charge in [0.15, 0.2) is 0 Å². The summed E-state index contributed by atoms with van der Waals surface area (Å²) in [6.45, 7) is 2.76. The number of ether oxygens (including phenoxy) is 2. The number of rotatable bonds is 4. The number of carbonyl (C=O) groups excluding carboxylic acids is 2. The van der Waals surface area contributed by atoms with Crippen molar-refractivity contribution in [3.05, 3.63) is 62.5 Å². The minimum absolute atomic E-state index is 0.0698. The van der Waals surface area contributed by atoms with Gasteiger partial charge in [-0.15, -0.1) is 0 Å². The fourth-order valence-electron chi connectivity index (χ4n) is 2.85. The first kappa shape index (κ1) is 11.4. The van der Waals surface area contributed by atoms with Crippen molar-refractivity contribution in [1.82, 2.24) is 5.32 Å². The zero-order valence-electron chi connectivity index (χ0n) is 19.3. The van der Waals surface area contributed by atoms with E-state index >= 15 is 0 Å². The van der Waals surface area contributed by atoms with Crippen molar-refractivity contribution in [1.29, 1.82) is 0 Å². The number of nitro groups is 1. The Kier molecular flexibility index (Phi) is 3.27. The molecule has 1 aliphatic heterocycles. The van der Waals surface area contributed by atoms with E-state index in [9.17, 15) is 19.7 Å². The highest BCUT2D eigenvalue weighted by molar-refractivity contribution is 6.00. The number of nitro benzene ring substituents is 1. The number of hydrogen-bond donors (Lipinski definition) is 1. The third kappa shape index (κ3) is 3.23. The van der Waals surface area contributed by atoms with Gasteiger partial charge in [0.2, 0.25) is 0 Å². The molecule has 132 valence electrons. The Labute approximate surface area is 152 Å². The number of esters is 2. The Hall–Kier alpha value is -3.16. The second-order valence-electron chi connectivity index (χ2n) is 5.23. The number of nitrogens with one attached hydrogen (secondary N) is 1. The van der Waals surface area contributed by atoms with E-state index < -0.39 is 53.7 Å². The monoisotopic (exact) mass is 352 g/mol. The third-order valence-electron chi connectivity index (χ3n) is 3.83. The maximum atomic E-state index is 12.7. The highest BCUT2D eigenvalue weighted by atomic mass is 16.6. The summed E-state index contributed by atoms with van der Waals surface area (Å²) in [4.78, 5) is 36.3. The van der Waals surface area contributed by atoms with Gasteiger partial charge in [0.25, 0.3) is 5.69 Å². The summed E-state index contributed by atoms with van der Waals surface area (Å²) in [5.74, 6) is -4.24. The number of hydrogen-bond acceptors (Lipinski definition) is 7. The average Bonchev–Trinajstić information content (AvgIpc) is 2.57. The summed E-state index contributed by atoms with van der Waals surface area (Å²) in [5, 5.41) is 14.3. The normalized spacial score (nSPS) is 19.4. The van der Waals surface area contributed by atoms with Gasteiger partial charge in [-0.2, -0.15) is 0 Å². The molecule has 0 atom stereocenters. The lowest BCUT2D eigenvalue weighted by atomic mass is 9.79. The van der Waals surface area contributed by atoms with Crippen LogP contribution in [0.15, 0.2) is 46.8 Å². The first-order valence-electron chi connectivity index (χ1n) is 10.0. The van der Waals surface area contributed by atoms with Gasteiger partial charge in [-0.25, -0.2) is 9.59 Å². The van der Waals surface area contributed by atoms with Gasteiger partial charge < -0.3 is 14.8 Å². The van der Waals surface area contributed by atoms with Crippen LogP contribution in [-0.4, -0.2) is 30.9 Å². The van der Waals surface area contributed by atoms with Crippen molar-refractivity contribution in [3.63, 3.8) is 0 Å². The molecular formula is C17H18N2O6. The molecule has 0 aliphatic carbocycles. The Bertz CT molecular complexity index is 946. The Balaban J connectivity index is 2.76. The SMILES string of the molecule is [2H]C([2H])([2H])OC(=O)C1=C(C)NC(C)=C(C(=O)OC([2H])([2H])[2H])C1c1ccccc1[N+](=O)[O-]. The summed E-state index contributed by atoms with van der Waals surface area (Å²) in [6, 6.07) is 5.16. The standard InChI is InChI=1S/C17H18N2O6/c1-9-13(16(20)24-3)15(14(10(2)18-9)17(21)25-4)11-7-5-6-8-12(11)19(22)23/h5-8,15,18H,1-4H3/i3D3,4D3. The fourth-order valence-corrected chi connectivity index (χ4v) is 2.85. The molecule has 8 nitrogen and oxygen atoms in total. The lowest BCUT2D eigenvalue weighted by molar-refractivity contribution is -0.385. The molecule has 0 aromatic heterocycles. The number of carbonyl (C=O) groups is 2. The highest BCUT2D eigenvalue weighted by Crippen LogP contribution is 2.42. The summed E-state index contributed by atoms with van der Waals surface area (Å²) in [5.41, 5.74) is -1.31. The molecule has 0 bridgehead atoms. The smallest absolute Gasteiger partial charge is 0.336 e. The van der Waals surface area contributed by atoms with Gasteiger partial charge in [0.05, 0.1) is 44.3 Å². The summed E-state index contributed by atoms with van der Waals surface area (Å²) >= 11 is 0. The lowest BCUT2D eigenvalue weighted by Gasteiger charge is -2.29. The van der Waals surface area contributed by atoms with Crippen LogP contribution in [0.2, 0.25) is 0 Å². The fraction of sp³-hybridized carbons (Fsp3) is 0.294. The van der Waals surface area contributed by atoms with Crippen LogP contribution in [0.3, 0.4) is 0 Å². The van der Waals surface area contributed by atoms with Crippen LogP contribution in [0.25, 0.3) is 0 Å². The molecule has 0 radical (unpaired) electrons. The number of allylic oxidation sites excluding steroid dienone is 2. The van der Waals surface area contributed by atoms with Crippen molar-refractivity contribution < 1.29 is 32.2 Å². The Morgan fingerprint density at radius 1 is 1.12 bits per heavy atom. The lowest BCUT2D eigenvalue weighted by Crippen LogP contribution is -2.32. The first-order chi connectivity index (χ1) is 14.1. The Morgan fingerprint density at radius 3 is 2.12 bits per heavy atom. The molecule has 2 rings (SSSR count). The molecule has 1 N–H and O–H groups in total.